The van der Waals surface area contributed by atoms with E-state index in [2.05, 4.69) is 24.6 Å². The highest BCUT2D eigenvalue weighted by atomic mass is 32.1. The number of carbonyl (C=O) groups excluding carboxylic acids is 1. The topological polar surface area (TPSA) is 71.0 Å². The molecule has 1 fully saturated rings. The van der Waals surface area contributed by atoms with Gasteiger partial charge in [-0.1, -0.05) is 36.4 Å². The first-order valence-corrected chi connectivity index (χ1v) is 9.84. The van der Waals surface area contributed by atoms with Gasteiger partial charge in [0.05, 0.1) is 5.92 Å². The lowest BCUT2D eigenvalue weighted by molar-refractivity contribution is -0.120. The molecule has 0 saturated carbocycles. The van der Waals surface area contributed by atoms with E-state index in [1.807, 2.05) is 49.4 Å². The van der Waals surface area contributed by atoms with Crippen LogP contribution in [0.3, 0.4) is 0 Å². The van der Waals surface area contributed by atoms with Crippen molar-refractivity contribution in [1.82, 2.24) is 14.3 Å². The van der Waals surface area contributed by atoms with Gasteiger partial charge in [0.25, 0.3) is 0 Å². The van der Waals surface area contributed by atoms with Gasteiger partial charge in [-0.15, -0.1) is 0 Å². The van der Waals surface area contributed by atoms with Crippen LogP contribution in [-0.2, 0) is 4.79 Å². The molecule has 1 aromatic carbocycles. The first-order chi connectivity index (χ1) is 13.2. The number of aromatic nitrogens is 3. The highest BCUT2D eigenvalue weighted by Gasteiger charge is 2.28. The number of carbonyl (C=O) groups is 1. The van der Waals surface area contributed by atoms with Crippen molar-refractivity contribution >= 4 is 28.4 Å². The summed E-state index contributed by atoms with van der Waals surface area (Å²) in [5, 5.41) is 3.81. The smallest absolute Gasteiger partial charge is 0.230 e. The zero-order valence-electron chi connectivity index (χ0n) is 15.1. The van der Waals surface area contributed by atoms with Gasteiger partial charge >= 0.3 is 0 Å². The molecule has 3 aromatic rings. The summed E-state index contributed by atoms with van der Waals surface area (Å²) in [5.41, 5.74) is 2.08. The zero-order chi connectivity index (χ0) is 18.6. The number of nitrogens with zero attached hydrogens (tertiary/aromatic N) is 4. The Bertz CT molecular complexity index is 910. The molecular weight excluding hydrogens is 358 g/mol. The molecule has 7 heteroatoms. The van der Waals surface area contributed by atoms with Gasteiger partial charge in [0, 0.05) is 36.4 Å². The Balaban J connectivity index is 1.43. The largest absolute Gasteiger partial charge is 0.346 e. The average molecular weight is 379 g/mol. The number of amides is 1. The van der Waals surface area contributed by atoms with E-state index in [-0.39, 0.29) is 11.8 Å². The maximum absolute atomic E-state index is 12.6. The molecule has 1 saturated heterocycles. The molecule has 2 aromatic heterocycles. The molecule has 1 unspecified atom stereocenters. The number of aryl methyl sites for hydroxylation is 1. The summed E-state index contributed by atoms with van der Waals surface area (Å²) in [6.07, 6.45) is 3.59. The minimum atomic E-state index is -0.0778. The Morgan fingerprint density at radius 1 is 1.22 bits per heavy atom. The van der Waals surface area contributed by atoms with Crippen molar-refractivity contribution in [3.05, 3.63) is 54.2 Å². The van der Waals surface area contributed by atoms with Crippen molar-refractivity contribution < 1.29 is 4.79 Å². The van der Waals surface area contributed by atoms with Crippen LogP contribution in [-0.4, -0.2) is 33.3 Å². The number of nitrogens with one attached hydrogen (secondary N) is 1. The third kappa shape index (κ3) is 4.14. The van der Waals surface area contributed by atoms with Crippen LogP contribution in [0.15, 0.2) is 48.7 Å². The molecule has 0 aliphatic carbocycles. The average Bonchev–Trinajstić information content (AvgIpc) is 3.21. The molecule has 0 spiro atoms. The van der Waals surface area contributed by atoms with E-state index >= 15 is 0 Å². The van der Waals surface area contributed by atoms with E-state index in [0.717, 1.165) is 41.5 Å². The van der Waals surface area contributed by atoms with Crippen LogP contribution in [0.5, 0.6) is 0 Å². The minimum Gasteiger partial charge on any atom is -0.346 e. The van der Waals surface area contributed by atoms with Crippen LogP contribution in [0, 0.1) is 12.8 Å². The lowest BCUT2D eigenvalue weighted by atomic mass is 9.97. The number of piperidine rings is 1. The molecule has 0 radical (unpaired) electrons. The maximum atomic E-state index is 12.6. The number of rotatable bonds is 4. The monoisotopic (exact) mass is 379 g/mol. The van der Waals surface area contributed by atoms with Crippen molar-refractivity contribution in [1.29, 1.82) is 0 Å². The standard InChI is InChI=1S/C20H21N5OS/c1-14-9-10-17(21-12-14)22-19(26)16-8-5-11-25(13-16)20-23-18(24-27-20)15-6-3-2-4-7-15/h2-4,6-7,9-10,12,16H,5,8,11,13H2,1H3,(H,21,22,26). The third-order valence-electron chi connectivity index (χ3n) is 4.67. The van der Waals surface area contributed by atoms with Crippen molar-refractivity contribution in [2.75, 3.05) is 23.3 Å². The third-order valence-corrected chi connectivity index (χ3v) is 5.45. The maximum Gasteiger partial charge on any atom is 0.230 e. The molecule has 0 bridgehead atoms. The summed E-state index contributed by atoms with van der Waals surface area (Å²) >= 11 is 1.39. The van der Waals surface area contributed by atoms with E-state index < -0.39 is 0 Å². The SMILES string of the molecule is Cc1ccc(NC(=O)C2CCCN(c3nc(-c4ccccc4)ns3)C2)nc1. The zero-order valence-corrected chi connectivity index (χ0v) is 15.9. The Hall–Kier alpha value is -2.80. The molecule has 6 nitrogen and oxygen atoms in total. The molecule has 1 aliphatic rings. The summed E-state index contributed by atoms with van der Waals surface area (Å²) in [7, 11) is 0. The van der Waals surface area contributed by atoms with Crippen molar-refractivity contribution in [2.45, 2.75) is 19.8 Å². The van der Waals surface area contributed by atoms with Crippen LogP contribution in [0.25, 0.3) is 11.4 Å². The Kier molecular flexibility index (Phi) is 5.11. The predicted molar refractivity (Wildman–Crippen MR) is 108 cm³/mol. The molecule has 1 atom stereocenters. The van der Waals surface area contributed by atoms with Gasteiger partial charge in [0.15, 0.2) is 5.82 Å². The Labute approximate surface area is 162 Å². The van der Waals surface area contributed by atoms with Crippen LogP contribution in [0.1, 0.15) is 18.4 Å². The van der Waals surface area contributed by atoms with Gasteiger partial charge < -0.3 is 10.2 Å². The molecular formula is C20H21N5OS. The van der Waals surface area contributed by atoms with Gasteiger partial charge in [-0.2, -0.15) is 9.36 Å². The molecule has 3 heterocycles. The van der Waals surface area contributed by atoms with Crippen LogP contribution in [0.4, 0.5) is 10.9 Å². The second-order valence-corrected chi connectivity index (χ2v) is 7.49. The summed E-state index contributed by atoms with van der Waals surface area (Å²) in [6.45, 7) is 3.53. The molecule has 138 valence electrons. The molecule has 1 N–H and O–H groups in total. The number of hydrogen-bond donors (Lipinski definition) is 1. The highest BCUT2D eigenvalue weighted by molar-refractivity contribution is 7.09. The predicted octanol–water partition coefficient (Wildman–Crippen LogP) is 3.76. The number of anilines is 2. The van der Waals surface area contributed by atoms with E-state index in [1.165, 1.54) is 11.5 Å². The molecule has 27 heavy (non-hydrogen) atoms. The van der Waals surface area contributed by atoms with Gasteiger partial charge in [0.1, 0.15) is 5.82 Å². The number of pyridine rings is 1. The quantitative estimate of drug-likeness (QED) is 0.747. The van der Waals surface area contributed by atoms with Crippen molar-refractivity contribution in [3.63, 3.8) is 0 Å². The molecule has 1 aliphatic heterocycles. The summed E-state index contributed by atoms with van der Waals surface area (Å²) in [5.74, 6) is 1.28. The fourth-order valence-electron chi connectivity index (χ4n) is 3.18. The number of benzene rings is 1. The number of hydrogen-bond acceptors (Lipinski definition) is 6. The fraction of sp³-hybridized carbons (Fsp3) is 0.300. The van der Waals surface area contributed by atoms with Crippen LogP contribution >= 0.6 is 11.5 Å². The Morgan fingerprint density at radius 3 is 2.85 bits per heavy atom. The summed E-state index contributed by atoms with van der Waals surface area (Å²) < 4.78 is 4.49. The first kappa shape index (κ1) is 17.6. The van der Waals surface area contributed by atoms with Gasteiger partial charge in [-0.25, -0.2) is 4.98 Å². The normalized spacial score (nSPS) is 16.9. The molecule has 1 amide bonds. The van der Waals surface area contributed by atoms with Gasteiger partial charge in [0.2, 0.25) is 11.0 Å². The summed E-state index contributed by atoms with van der Waals surface area (Å²) in [6, 6.07) is 13.7. The van der Waals surface area contributed by atoms with Crippen LogP contribution < -0.4 is 10.2 Å². The molecule has 4 rings (SSSR count). The van der Waals surface area contributed by atoms with Crippen molar-refractivity contribution in [3.8, 4) is 11.4 Å². The minimum absolute atomic E-state index is 0.0175. The summed E-state index contributed by atoms with van der Waals surface area (Å²) in [4.78, 5) is 23.8. The van der Waals surface area contributed by atoms with Crippen LogP contribution in [0.2, 0.25) is 0 Å². The van der Waals surface area contributed by atoms with E-state index in [4.69, 9.17) is 0 Å². The van der Waals surface area contributed by atoms with Crippen molar-refractivity contribution in [2.24, 2.45) is 5.92 Å². The van der Waals surface area contributed by atoms with E-state index in [0.29, 0.717) is 12.4 Å². The van der Waals surface area contributed by atoms with E-state index in [1.54, 1.807) is 6.20 Å². The lowest BCUT2D eigenvalue weighted by Gasteiger charge is -2.31. The second-order valence-electron chi connectivity index (χ2n) is 6.76. The highest BCUT2D eigenvalue weighted by Crippen LogP contribution is 2.28. The second kappa shape index (κ2) is 7.84. The first-order valence-electron chi connectivity index (χ1n) is 9.06. The van der Waals surface area contributed by atoms with Gasteiger partial charge in [-0.3, -0.25) is 4.79 Å². The fourth-order valence-corrected chi connectivity index (χ4v) is 3.91. The Morgan fingerprint density at radius 2 is 2.07 bits per heavy atom. The van der Waals surface area contributed by atoms with Gasteiger partial charge in [-0.05, 0) is 31.4 Å². The van der Waals surface area contributed by atoms with E-state index in [9.17, 15) is 4.79 Å². The lowest BCUT2D eigenvalue weighted by Crippen LogP contribution is -2.40.